The smallest absolute Gasteiger partial charge is 0.333 e. The van der Waals surface area contributed by atoms with Gasteiger partial charge in [-0.15, -0.1) is 0 Å². The predicted octanol–water partition coefficient (Wildman–Crippen LogP) is 18.0. The maximum Gasteiger partial charge on any atom is 0.333 e. The van der Waals surface area contributed by atoms with Crippen molar-refractivity contribution in [2.45, 2.75) is 167 Å². The van der Waals surface area contributed by atoms with E-state index in [0.29, 0.717) is 0 Å². The minimum atomic E-state index is -0.136. The zero-order valence-electron chi connectivity index (χ0n) is 48.0. The van der Waals surface area contributed by atoms with Crippen molar-refractivity contribution in [1.29, 1.82) is 0 Å². The number of benzene rings is 8. The van der Waals surface area contributed by atoms with Gasteiger partial charge in [0, 0.05) is 45.2 Å². The first-order valence-electron chi connectivity index (χ1n) is 29.3. The summed E-state index contributed by atoms with van der Waals surface area (Å²) in [4.78, 5) is 5.84. The number of fused-ring (bicyclic) bond motifs is 12. The molecule has 8 aromatic carbocycles. The normalized spacial score (nSPS) is 21.0. The molecule has 0 bridgehead atoms. The van der Waals surface area contributed by atoms with Crippen molar-refractivity contribution in [3.05, 3.63) is 213 Å². The van der Waals surface area contributed by atoms with Crippen molar-refractivity contribution < 1.29 is 0 Å². The number of nitrogens with zero attached hydrogens (tertiary/aromatic N) is 2. The fraction of sp³-hybridized carbons (Fsp3) is 0.351. The third-order valence-corrected chi connectivity index (χ3v) is 20.7. The molecule has 0 radical (unpaired) electrons. The molecule has 0 spiro atoms. The van der Waals surface area contributed by atoms with Gasteiger partial charge in [0.05, 0.1) is 5.54 Å². The van der Waals surface area contributed by atoms with Crippen LogP contribution in [0.3, 0.4) is 0 Å². The lowest BCUT2D eigenvalue weighted by molar-refractivity contribution is 0.195. The number of hydrogen-bond acceptors (Lipinski definition) is 2. The molecule has 0 saturated heterocycles. The fourth-order valence-corrected chi connectivity index (χ4v) is 16.0. The van der Waals surface area contributed by atoms with Crippen molar-refractivity contribution in [1.82, 2.24) is 0 Å². The van der Waals surface area contributed by atoms with E-state index in [1.807, 2.05) is 0 Å². The zero-order chi connectivity index (χ0) is 53.3. The molecule has 3 aliphatic heterocycles. The van der Waals surface area contributed by atoms with Gasteiger partial charge in [-0.2, -0.15) is 0 Å². The van der Waals surface area contributed by atoms with Gasteiger partial charge in [0.2, 0.25) is 0 Å². The van der Waals surface area contributed by atoms with Crippen LogP contribution in [0.15, 0.2) is 158 Å². The molecule has 386 valence electrons. The molecule has 1 saturated carbocycles. The lowest BCUT2D eigenvalue weighted by Crippen LogP contribution is -2.65. The Kier molecular flexibility index (Phi) is 10.4. The SMILES string of the molecule is CC(C)(C)c1ccc(N2B3c4cc(C(C)(C)C)cc5c4N(c4cc(C(c6ccccc6)c6ccccc6)cc(c43)-c3c2ccc2c3-c3cc4c(cc3C2)C(C)(C)CCC4(C)C)C2(C)CCCCC52C)c(-c2ccccc2)c1. The molecule has 0 amide bonds. The van der Waals surface area contributed by atoms with Crippen molar-refractivity contribution in [3.63, 3.8) is 0 Å². The molecule has 3 heteroatoms. The minimum Gasteiger partial charge on any atom is -0.376 e. The Morgan fingerprint density at radius 3 is 1.73 bits per heavy atom. The Balaban J connectivity index is 1.17. The van der Waals surface area contributed by atoms with E-state index in [-0.39, 0.29) is 45.4 Å². The van der Waals surface area contributed by atoms with Crippen LogP contribution in [0.5, 0.6) is 0 Å². The Morgan fingerprint density at radius 1 is 0.468 bits per heavy atom. The Hall–Kier alpha value is -6.58. The molecule has 3 heterocycles. The summed E-state index contributed by atoms with van der Waals surface area (Å²) in [7, 11) is 0. The van der Waals surface area contributed by atoms with Crippen molar-refractivity contribution in [2.24, 2.45) is 0 Å². The summed E-state index contributed by atoms with van der Waals surface area (Å²) < 4.78 is 0. The van der Waals surface area contributed by atoms with E-state index >= 15 is 0 Å². The molecule has 8 aromatic rings. The van der Waals surface area contributed by atoms with Crippen LogP contribution in [0, 0.1) is 0 Å². The zero-order valence-corrected chi connectivity index (χ0v) is 48.0. The van der Waals surface area contributed by atoms with Gasteiger partial charge in [0.1, 0.15) is 0 Å². The minimum absolute atomic E-state index is 0.0323. The van der Waals surface area contributed by atoms with E-state index in [1.54, 1.807) is 11.1 Å². The van der Waals surface area contributed by atoms with Gasteiger partial charge in [0.25, 0.3) is 0 Å². The molecular weight excluding hydrogens is 928 g/mol. The van der Waals surface area contributed by atoms with Crippen molar-refractivity contribution in [2.75, 3.05) is 9.71 Å². The first-order valence-corrected chi connectivity index (χ1v) is 29.3. The van der Waals surface area contributed by atoms with Gasteiger partial charge in [-0.05, 0) is 180 Å². The van der Waals surface area contributed by atoms with Gasteiger partial charge in [-0.1, -0.05) is 216 Å². The number of rotatable bonds is 5. The molecule has 2 atom stereocenters. The summed E-state index contributed by atoms with van der Waals surface area (Å²) in [5.74, 6) is 0.0323. The molecule has 6 aliphatic rings. The van der Waals surface area contributed by atoms with Crippen LogP contribution in [0.25, 0.3) is 33.4 Å². The summed E-state index contributed by atoms with van der Waals surface area (Å²) in [5, 5.41) is 0. The second-order valence-corrected chi connectivity index (χ2v) is 28.2. The number of anilines is 4. The lowest BCUT2D eigenvalue weighted by Gasteiger charge is -2.53. The highest BCUT2D eigenvalue weighted by Gasteiger charge is 2.62. The van der Waals surface area contributed by atoms with Gasteiger partial charge < -0.3 is 9.71 Å². The second kappa shape index (κ2) is 16.5. The van der Waals surface area contributed by atoms with Gasteiger partial charge in [0.15, 0.2) is 0 Å². The molecule has 2 nitrogen and oxygen atoms in total. The van der Waals surface area contributed by atoms with Crippen LogP contribution in [-0.2, 0) is 33.5 Å². The predicted molar refractivity (Wildman–Crippen MR) is 328 cm³/mol. The molecular formula is C74H77BN2. The van der Waals surface area contributed by atoms with Gasteiger partial charge in [-0.25, -0.2) is 0 Å². The van der Waals surface area contributed by atoms with Crippen LogP contribution in [0.2, 0.25) is 0 Å². The van der Waals surface area contributed by atoms with Crippen LogP contribution in [0.1, 0.15) is 183 Å². The summed E-state index contributed by atoms with van der Waals surface area (Å²) in [6.45, 7) is 29.6. The summed E-state index contributed by atoms with van der Waals surface area (Å²) in [6, 6.07) is 62.8. The average molecular weight is 1010 g/mol. The fourth-order valence-electron chi connectivity index (χ4n) is 16.0. The third kappa shape index (κ3) is 6.99. The Labute approximate surface area is 461 Å². The van der Waals surface area contributed by atoms with E-state index in [9.17, 15) is 0 Å². The molecule has 2 unspecified atom stereocenters. The van der Waals surface area contributed by atoms with E-state index < -0.39 is 0 Å². The quantitative estimate of drug-likeness (QED) is 0.125. The topological polar surface area (TPSA) is 6.48 Å². The lowest BCUT2D eigenvalue weighted by atomic mass is 9.42. The van der Waals surface area contributed by atoms with E-state index in [0.717, 1.165) is 12.8 Å². The highest BCUT2D eigenvalue weighted by Crippen LogP contribution is 2.64. The summed E-state index contributed by atoms with van der Waals surface area (Å²) >= 11 is 0. The van der Waals surface area contributed by atoms with Crippen molar-refractivity contribution in [3.8, 4) is 33.4 Å². The first-order chi connectivity index (χ1) is 36.7. The molecule has 77 heavy (non-hydrogen) atoms. The first kappa shape index (κ1) is 48.8. The largest absolute Gasteiger partial charge is 0.376 e. The summed E-state index contributed by atoms with van der Waals surface area (Å²) in [5.41, 5.74) is 30.9. The Morgan fingerprint density at radius 2 is 1.08 bits per heavy atom. The van der Waals surface area contributed by atoms with Gasteiger partial charge in [-0.3, -0.25) is 0 Å². The Bertz CT molecular complexity index is 3700. The highest BCUT2D eigenvalue weighted by molar-refractivity contribution is 6.93. The highest BCUT2D eigenvalue weighted by atomic mass is 15.3. The molecule has 3 aliphatic carbocycles. The van der Waals surface area contributed by atoms with Crippen LogP contribution in [0.4, 0.5) is 22.7 Å². The maximum atomic E-state index is 2.97. The van der Waals surface area contributed by atoms with E-state index in [1.165, 1.54) is 144 Å². The third-order valence-electron chi connectivity index (χ3n) is 20.7. The molecule has 0 aromatic heterocycles. The standard InChI is InChI=1S/C74H77BN2/c1-69(2,3)52-31-33-61(54(42-52)46-24-16-13-17-25-46)77-62-32-30-49-38-50-40-57-58(72(9,10)37-36-71(57,7)8)45-55(50)65(49)66(62)56-39-51(64(47-26-18-14-19-27-47)48-28-20-15-21-29-48)41-63-67(56)75(77)60-44-53(70(4,5)6)43-59-68(60)76(63)74(12)35-23-22-34-73(59,74)11/h13-21,24-33,39-45,64H,22-23,34-38H2,1-12H3. The second-order valence-electron chi connectivity index (χ2n) is 28.2. The number of hydrogen-bond donors (Lipinski definition) is 0. The maximum absolute atomic E-state index is 2.97. The van der Waals surface area contributed by atoms with Crippen LogP contribution < -0.4 is 20.6 Å². The molecule has 1 fully saturated rings. The van der Waals surface area contributed by atoms with Crippen LogP contribution >= 0.6 is 0 Å². The van der Waals surface area contributed by atoms with Crippen molar-refractivity contribution >= 4 is 40.5 Å². The van der Waals surface area contributed by atoms with E-state index in [2.05, 4.69) is 251 Å². The van der Waals surface area contributed by atoms with E-state index in [4.69, 9.17) is 0 Å². The average Bonchev–Trinajstić information content (AvgIpc) is 3.27. The molecule has 14 rings (SSSR count). The monoisotopic (exact) mass is 1000 g/mol. The van der Waals surface area contributed by atoms with Gasteiger partial charge >= 0.3 is 6.85 Å². The summed E-state index contributed by atoms with van der Waals surface area (Å²) in [6.07, 6.45) is 8.16. The van der Waals surface area contributed by atoms with Crippen LogP contribution in [-0.4, -0.2) is 12.4 Å². The molecule has 0 N–H and O–H groups in total.